The minimum atomic E-state index is 0.914. The van der Waals surface area contributed by atoms with E-state index < -0.39 is 0 Å². The number of nitrogens with zero attached hydrogens (tertiary/aromatic N) is 1. The molecule has 0 saturated heterocycles. The van der Waals surface area contributed by atoms with Gasteiger partial charge in [0.2, 0.25) is 0 Å². The van der Waals surface area contributed by atoms with Crippen molar-refractivity contribution in [3.8, 4) is 11.1 Å². The Morgan fingerprint density at radius 3 is 2.58 bits per heavy atom. The van der Waals surface area contributed by atoms with Crippen molar-refractivity contribution in [3.63, 3.8) is 0 Å². The lowest BCUT2D eigenvalue weighted by atomic mass is 10.00. The molecule has 0 radical (unpaired) electrons. The third-order valence-corrected chi connectivity index (χ3v) is 2.80. The zero-order valence-corrected chi connectivity index (χ0v) is 11.1. The monoisotopic (exact) mass is 247 g/mol. The molecule has 0 amide bonds. The van der Waals surface area contributed by atoms with Crippen molar-refractivity contribution in [3.05, 3.63) is 85.2 Å². The van der Waals surface area contributed by atoms with E-state index in [-0.39, 0.29) is 0 Å². The maximum atomic E-state index is 4.46. The molecular formula is C18H17N. The zero-order valence-electron chi connectivity index (χ0n) is 11.1. The van der Waals surface area contributed by atoms with Crippen LogP contribution in [0.4, 0.5) is 0 Å². The van der Waals surface area contributed by atoms with Crippen LogP contribution >= 0.6 is 0 Å². The van der Waals surface area contributed by atoms with Crippen LogP contribution in [0.15, 0.2) is 79.5 Å². The number of pyridine rings is 1. The van der Waals surface area contributed by atoms with E-state index in [1.165, 1.54) is 0 Å². The summed E-state index contributed by atoms with van der Waals surface area (Å²) in [5.41, 5.74) is 4.11. The van der Waals surface area contributed by atoms with E-state index in [9.17, 15) is 0 Å². The van der Waals surface area contributed by atoms with Crippen LogP contribution in [0.3, 0.4) is 0 Å². The molecule has 0 unspecified atom stereocenters. The fourth-order valence-corrected chi connectivity index (χ4v) is 1.87. The predicted molar refractivity (Wildman–Crippen MR) is 82.7 cm³/mol. The highest BCUT2D eigenvalue weighted by Crippen LogP contribution is 2.26. The van der Waals surface area contributed by atoms with Gasteiger partial charge in [-0.15, -0.1) is 0 Å². The van der Waals surface area contributed by atoms with Crippen LogP contribution in [0, 0.1) is 0 Å². The quantitative estimate of drug-likeness (QED) is 0.701. The van der Waals surface area contributed by atoms with Gasteiger partial charge in [0.25, 0.3) is 0 Å². The third-order valence-electron chi connectivity index (χ3n) is 2.80. The van der Waals surface area contributed by atoms with Gasteiger partial charge in [0, 0.05) is 11.8 Å². The molecule has 2 aromatic rings. The predicted octanol–water partition coefficient (Wildman–Crippen LogP) is 4.89. The van der Waals surface area contributed by atoms with E-state index in [4.69, 9.17) is 0 Å². The van der Waals surface area contributed by atoms with Gasteiger partial charge < -0.3 is 0 Å². The van der Waals surface area contributed by atoms with Crippen molar-refractivity contribution >= 4 is 5.57 Å². The van der Waals surface area contributed by atoms with Crippen LogP contribution in [0.2, 0.25) is 0 Å². The molecule has 0 aliphatic heterocycles. The van der Waals surface area contributed by atoms with Crippen LogP contribution in [0.25, 0.3) is 16.7 Å². The second-order valence-electron chi connectivity index (χ2n) is 4.18. The molecule has 2 rings (SSSR count). The fraction of sp³-hybridized carbons (Fsp3) is 0.0556. The van der Waals surface area contributed by atoms with E-state index >= 15 is 0 Å². The van der Waals surface area contributed by atoms with Crippen LogP contribution in [-0.2, 0) is 0 Å². The Labute approximate surface area is 114 Å². The van der Waals surface area contributed by atoms with Gasteiger partial charge >= 0.3 is 0 Å². The number of aromatic nitrogens is 1. The van der Waals surface area contributed by atoms with E-state index in [2.05, 4.69) is 29.8 Å². The molecule has 94 valence electrons. The van der Waals surface area contributed by atoms with E-state index in [1.54, 1.807) is 6.20 Å². The van der Waals surface area contributed by atoms with Crippen LogP contribution < -0.4 is 0 Å². The summed E-state index contributed by atoms with van der Waals surface area (Å²) in [6.45, 7) is 6.09. The lowest BCUT2D eigenvalue weighted by molar-refractivity contribution is 1.28. The topological polar surface area (TPSA) is 12.9 Å². The molecule has 0 bridgehead atoms. The summed E-state index contributed by atoms with van der Waals surface area (Å²) in [6.07, 6.45) is 9.73. The molecule has 1 aromatic heterocycles. The summed E-state index contributed by atoms with van der Waals surface area (Å²) < 4.78 is 0. The van der Waals surface area contributed by atoms with Gasteiger partial charge in [-0.2, -0.15) is 0 Å². The zero-order chi connectivity index (χ0) is 13.5. The molecule has 0 atom stereocenters. The minimum Gasteiger partial charge on any atom is -0.256 e. The van der Waals surface area contributed by atoms with Gasteiger partial charge in [-0.3, -0.25) is 4.98 Å². The maximum absolute atomic E-state index is 4.46. The van der Waals surface area contributed by atoms with E-state index in [0.717, 1.165) is 22.4 Å². The summed E-state index contributed by atoms with van der Waals surface area (Å²) in [4.78, 5) is 4.46. The highest BCUT2D eigenvalue weighted by atomic mass is 14.7. The number of hydrogen-bond acceptors (Lipinski definition) is 1. The maximum Gasteiger partial charge on any atom is 0.0774 e. The first-order chi connectivity index (χ1) is 9.33. The molecular weight excluding hydrogens is 230 g/mol. The lowest BCUT2D eigenvalue weighted by Gasteiger charge is -2.08. The summed E-state index contributed by atoms with van der Waals surface area (Å²) >= 11 is 0. The Morgan fingerprint density at radius 2 is 1.84 bits per heavy atom. The first kappa shape index (κ1) is 13.0. The van der Waals surface area contributed by atoms with Crippen molar-refractivity contribution in [1.82, 2.24) is 4.98 Å². The van der Waals surface area contributed by atoms with Crippen molar-refractivity contribution in [2.75, 3.05) is 0 Å². The Hall–Kier alpha value is -2.41. The van der Waals surface area contributed by atoms with Gasteiger partial charge in [-0.1, -0.05) is 67.3 Å². The standard InChI is InChI=1S/C18H17N/c1-3-4-6-10-15(2)18-17(13-9-14-19-18)16-11-7-5-8-12-16/h3-14H,2H2,1H3/b4-3-,10-6-. The van der Waals surface area contributed by atoms with Gasteiger partial charge in [0.15, 0.2) is 0 Å². The number of rotatable bonds is 4. The van der Waals surface area contributed by atoms with Crippen molar-refractivity contribution in [1.29, 1.82) is 0 Å². The highest BCUT2D eigenvalue weighted by molar-refractivity contribution is 5.82. The van der Waals surface area contributed by atoms with Crippen LogP contribution in [0.1, 0.15) is 12.6 Å². The highest BCUT2D eigenvalue weighted by Gasteiger charge is 2.06. The fourth-order valence-electron chi connectivity index (χ4n) is 1.87. The number of benzene rings is 1. The second-order valence-corrected chi connectivity index (χ2v) is 4.18. The molecule has 19 heavy (non-hydrogen) atoms. The Morgan fingerprint density at radius 1 is 1.05 bits per heavy atom. The summed E-state index contributed by atoms with van der Waals surface area (Å²) in [7, 11) is 0. The molecule has 0 N–H and O–H groups in total. The largest absolute Gasteiger partial charge is 0.256 e. The molecule has 0 saturated carbocycles. The first-order valence-corrected chi connectivity index (χ1v) is 6.32. The molecule has 1 nitrogen and oxygen atoms in total. The second kappa shape index (κ2) is 6.50. The van der Waals surface area contributed by atoms with Crippen molar-refractivity contribution in [2.45, 2.75) is 6.92 Å². The molecule has 0 fully saturated rings. The lowest BCUT2D eigenvalue weighted by Crippen LogP contribution is -1.90. The Balaban J connectivity index is 2.40. The van der Waals surface area contributed by atoms with Crippen LogP contribution in [0.5, 0.6) is 0 Å². The van der Waals surface area contributed by atoms with E-state index in [0.29, 0.717) is 0 Å². The Bertz CT molecular complexity index is 607. The number of allylic oxidation sites excluding steroid dienone is 5. The van der Waals surface area contributed by atoms with Gasteiger partial charge in [-0.25, -0.2) is 0 Å². The summed E-state index contributed by atoms with van der Waals surface area (Å²) in [6, 6.07) is 14.3. The van der Waals surface area contributed by atoms with Gasteiger partial charge in [-0.05, 0) is 24.1 Å². The minimum absolute atomic E-state index is 0.914. The molecule has 0 spiro atoms. The normalized spacial score (nSPS) is 11.2. The van der Waals surface area contributed by atoms with Crippen molar-refractivity contribution in [2.24, 2.45) is 0 Å². The molecule has 0 aliphatic rings. The molecule has 1 heterocycles. The first-order valence-electron chi connectivity index (χ1n) is 6.32. The molecule has 1 aromatic carbocycles. The average molecular weight is 247 g/mol. The number of hydrogen-bond donors (Lipinski definition) is 0. The molecule has 0 aliphatic carbocycles. The SMILES string of the molecule is C=C(/C=C\C=C/C)c1ncccc1-c1ccccc1. The van der Waals surface area contributed by atoms with Crippen molar-refractivity contribution < 1.29 is 0 Å². The van der Waals surface area contributed by atoms with E-state index in [1.807, 2.05) is 55.5 Å². The summed E-state index contributed by atoms with van der Waals surface area (Å²) in [5.74, 6) is 0. The Kier molecular flexibility index (Phi) is 4.46. The van der Waals surface area contributed by atoms with Gasteiger partial charge in [0.05, 0.1) is 5.69 Å². The smallest absolute Gasteiger partial charge is 0.0774 e. The third kappa shape index (κ3) is 3.29. The summed E-state index contributed by atoms with van der Waals surface area (Å²) in [5, 5.41) is 0. The molecule has 1 heteroatoms. The average Bonchev–Trinajstić information content (AvgIpc) is 2.48. The van der Waals surface area contributed by atoms with Crippen LogP contribution in [-0.4, -0.2) is 4.98 Å². The van der Waals surface area contributed by atoms with Gasteiger partial charge in [0.1, 0.15) is 0 Å².